The molecule has 0 fully saturated rings. The third-order valence-corrected chi connectivity index (χ3v) is 3.22. The molecule has 0 aliphatic heterocycles. The van der Waals surface area contributed by atoms with Crippen LogP contribution in [0.25, 0.3) is 0 Å². The van der Waals surface area contributed by atoms with Gasteiger partial charge in [0.25, 0.3) is 0 Å². The highest BCUT2D eigenvalue weighted by molar-refractivity contribution is 5.46. The predicted molar refractivity (Wildman–Crippen MR) is 79.3 cm³/mol. The molecular formula is C16H22N2O. The lowest BCUT2D eigenvalue weighted by Gasteiger charge is -2.07. The second kappa shape index (κ2) is 7.00. The first kappa shape index (κ1) is 13.7. The lowest BCUT2D eigenvalue weighted by Crippen LogP contribution is -1.99. The zero-order chi connectivity index (χ0) is 13.5. The van der Waals surface area contributed by atoms with E-state index < -0.39 is 0 Å². The third kappa shape index (κ3) is 4.14. The van der Waals surface area contributed by atoms with Gasteiger partial charge < -0.3 is 15.0 Å². The summed E-state index contributed by atoms with van der Waals surface area (Å²) < 4.78 is 2.18. The molecule has 1 heterocycles. The van der Waals surface area contributed by atoms with Crippen molar-refractivity contribution in [2.45, 2.75) is 32.9 Å². The molecule has 0 aliphatic carbocycles. The number of rotatable bonds is 7. The van der Waals surface area contributed by atoms with Gasteiger partial charge in [-0.05, 0) is 49.1 Å². The molecule has 1 aromatic heterocycles. The molecule has 0 aliphatic rings. The van der Waals surface area contributed by atoms with E-state index in [9.17, 15) is 0 Å². The zero-order valence-corrected chi connectivity index (χ0v) is 11.5. The summed E-state index contributed by atoms with van der Waals surface area (Å²) in [6.07, 6.45) is 6.03. The second-order valence-electron chi connectivity index (χ2n) is 4.73. The van der Waals surface area contributed by atoms with Gasteiger partial charge in [-0.2, -0.15) is 0 Å². The van der Waals surface area contributed by atoms with Crippen LogP contribution >= 0.6 is 0 Å². The van der Waals surface area contributed by atoms with Crippen LogP contribution in [0.4, 0.5) is 5.69 Å². The summed E-state index contributed by atoms with van der Waals surface area (Å²) in [4.78, 5) is 0. The molecule has 19 heavy (non-hydrogen) atoms. The summed E-state index contributed by atoms with van der Waals surface area (Å²) >= 11 is 0. The molecule has 1 aromatic carbocycles. The Bertz CT molecular complexity index is 505. The van der Waals surface area contributed by atoms with E-state index in [2.05, 4.69) is 59.5 Å². The first-order valence-corrected chi connectivity index (χ1v) is 6.90. The van der Waals surface area contributed by atoms with Crippen LogP contribution in [0.3, 0.4) is 0 Å². The van der Waals surface area contributed by atoms with Crippen LogP contribution in [0.15, 0.2) is 42.7 Å². The highest BCUT2D eigenvalue weighted by Crippen LogP contribution is 2.13. The summed E-state index contributed by atoms with van der Waals surface area (Å²) in [5, 5.41) is 12.3. The quantitative estimate of drug-likeness (QED) is 0.801. The smallest absolute Gasteiger partial charge is 0.0434 e. The number of hydrogen-bond acceptors (Lipinski definition) is 2. The van der Waals surface area contributed by atoms with Gasteiger partial charge in [-0.25, -0.2) is 0 Å². The van der Waals surface area contributed by atoms with Gasteiger partial charge in [0.1, 0.15) is 0 Å². The van der Waals surface area contributed by atoms with Crippen molar-refractivity contribution >= 4 is 5.69 Å². The van der Waals surface area contributed by atoms with Gasteiger partial charge in [0.2, 0.25) is 0 Å². The Kier molecular flexibility index (Phi) is 5.04. The van der Waals surface area contributed by atoms with Crippen molar-refractivity contribution in [1.29, 1.82) is 0 Å². The Labute approximate surface area is 114 Å². The minimum atomic E-state index is 0.252. The number of benzene rings is 1. The van der Waals surface area contributed by atoms with Crippen molar-refractivity contribution in [3.63, 3.8) is 0 Å². The molecule has 0 atom stereocenters. The molecule has 0 bridgehead atoms. The van der Waals surface area contributed by atoms with E-state index in [1.54, 1.807) is 0 Å². The van der Waals surface area contributed by atoms with Gasteiger partial charge in [0, 0.05) is 37.8 Å². The molecule has 3 heteroatoms. The maximum absolute atomic E-state index is 8.86. The maximum atomic E-state index is 8.86. The number of nitrogens with zero attached hydrogens (tertiary/aromatic N) is 1. The molecule has 0 unspecified atom stereocenters. The molecule has 0 saturated carbocycles. The summed E-state index contributed by atoms with van der Waals surface area (Å²) in [6.45, 7) is 4.25. The van der Waals surface area contributed by atoms with E-state index in [1.807, 2.05) is 0 Å². The number of aromatic nitrogens is 1. The van der Waals surface area contributed by atoms with Crippen molar-refractivity contribution in [3.05, 3.63) is 53.9 Å². The Morgan fingerprint density at radius 1 is 1.21 bits per heavy atom. The number of aliphatic hydroxyl groups excluding tert-OH is 1. The second-order valence-corrected chi connectivity index (χ2v) is 4.73. The van der Waals surface area contributed by atoms with Gasteiger partial charge >= 0.3 is 0 Å². The Morgan fingerprint density at radius 3 is 2.84 bits per heavy atom. The van der Waals surface area contributed by atoms with Crippen LogP contribution in [0, 0.1) is 0 Å². The number of anilines is 1. The van der Waals surface area contributed by atoms with Gasteiger partial charge in [-0.1, -0.05) is 12.1 Å². The van der Waals surface area contributed by atoms with Gasteiger partial charge in [-0.3, -0.25) is 0 Å². The molecule has 2 N–H and O–H groups in total. The standard InChI is InChI=1S/C16H22N2O/c1-2-18-9-8-15(13-18)12-17-16-7-3-5-14(11-16)6-4-10-19/h3,5,7-9,11,13,17,19H,2,4,6,10,12H2,1H3. The predicted octanol–water partition coefficient (Wildman–Crippen LogP) is 3.05. The minimum Gasteiger partial charge on any atom is -0.396 e. The summed E-state index contributed by atoms with van der Waals surface area (Å²) in [5.74, 6) is 0. The topological polar surface area (TPSA) is 37.2 Å². The fraction of sp³-hybridized carbons (Fsp3) is 0.375. The largest absolute Gasteiger partial charge is 0.396 e. The highest BCUT2D eigenvalue weighted by Gasteiger charge is 1.98. The fourth-order valence-electron chi connectivity index (χ4n) is 2.12. The maximum Gasteiger partial charge on any atom is 0.0434 e. The zero-order valence-electron chi connectivity index (χ0n) is 11.5. The molecule has 2 aromatic rings. The van der Waals surface area contributed by atoms with E-state index in [0.29, 0.717) is 0 Å². The van der Waals surface area contributed by atoms with Crippen molar-refractivity contribution in [2.75, 3.05) is 11.9 Å². The van der Waals surface area contributed by atoms with E-state index in [1.165, 1.54) is 11.1 Å². The number of nitrogens with one attached hydrogen (secondary N) is 1. The summed E-state index contributed by atoms with van der Waals surface area (Å²) in [6, 6.07) is 10.6. The Hall–Kier alpha value is -1.74. The SMILES string of the molecule is CCn1ccc(CNc2cccc(CCCO)c2)c1. The van der Waals surface area contributed by atoms with Crippen LogP contribution < -0.4 is 5.32 Å². The molecule has 0 amide bonds. The van der Waals surface area contributed by atoms with Gasteiger partial charge in [0.15, 0.2) is 0 Å². The van der Waals surface area contributed by atoms with Crippen molar-refractivity contribution in [2.24, 2.45) is 0 Å². The normalized spacial score (nSPS) is 10.6. The Balaban J connectivity index is 1.91. The van der Waals surface area contributed by atoms with E-state index in [4.69, 9.17) is 5.11 Å². The molecule has 0 saturated heterocycles. The van der Waals surface area contributed by atoms with Crippen LogP contribution in [0.2, 0.25) is 0 Å². The molecule has 0 spiro atoms. The van der Waals surface area contributed by atoms with Crippen LogP contribution in [-0.2, 0) is 19.5 Å². The number of hydrogen-bond donors (Lipinski definition) is 2. The third-order valence-electron chi connectivity index (χ3n) is 3.22. The summed E-state index contributed by atoms with van der Waals surface area (Å²) in [7, 11) is 0. The first-order valence-electron chi connectivity index (χ1n) is 6.90. The minimum absolute atomic E-state index is 0.252. The van der Waals surface area contributed by atoms with E-state index in [-0.39, 0.29) is 6.61 Å². The van der Waals surface area contributed by atoms with Crippen LogP contribution in [-0.4, -0.2) is 16.3 Å². The molecule has 0 radical (unpaired) electrons. The fourth-order valence-corrected chi connectivity index (χ4v) is 2.12. The van der Waals surface area contributed by atoms with Gasteiger partial charge in [0.05, 0.1) is 0 Å². The van der Waals surface area contributed by atoms with Crippen molar-refractivity contribution in [3.8, 4) is 0 Å². The van der Waals surface area contributed by atoms with Crippen LogP contribution in [0.1, 0.15) is 24.5 Å². The highest BCUT2D eigenvalue weighted by atomic mass is 16.2. The average Bonchev–Trinajstić information content (AvgIpc) is 2.91. The number of aliphatic hydroxyl groups is 1. The average molecular weight is 258 g/mol. The molecule has 2 rings (SSSR count). The molecule has 102 valence electrons. The molecule has 3 nitrogen and oxygen atoms in total. The number of aryl methyl sites for hydroxylation is 2. The van der Waals surface area contributed by atoms with E-state index >= 15 is 0 Å². The van der Waals surface area contributed by atoms with Crippen LogP contribution in [0.5, 0.6) is 0 Å². The monoisotopic (exact) mass is 258 g/mol. The van der Waals surface area contributed by atoms with Crippen molar-refractivity contribution in [1.82, 2.24) is 4.57 Å². The summed E-state index contributed by atoms with van der Waals surface area (Å²) in [5.41, 5.74) is 3.70. The van der Waals surface area contributed by atoms with Gasteiger partial charge in [-0.15, -0.1) is 0 Å². The lowest BCUT2D eigenvalue weighted by atomic mass is 10.1. The molecular weight excluding hydrogens is 236 g/mol. The van der Waals surface area contributed by atoms with E-state index in [0.717, 1.165) is 31.6 Å². The lowest BCUT2D eigenvalue weighted by molar-refractivity contribution is 0.288. The Morgan fingerprint density at radius 2 is 2.11 bits per heavy atom. The first-order chi connectivity index (χ1) is 9.31. The van der Waals surface area contributed by atoms with Crippen molar-refractivity contribution < 1.29 is 5.11 Å².